The van der Waals surface area contributed by atoms with Gasteiger partial charge in [0, 0.05) is 23.8 Å². The number of benzene rings is 2. The molecule has 1 aromatic heterocycles. The smallest absolute Gasteiger partial charge is 0.254 e. The van der Waals surface area contributed by atoms with Gasteiger partial charge >= 0.3 is 0 Å². The van der Waals surface area contributed by atoms with E-state index in [1.807, 2.05) is 0 Å². The molecule has 2 aromatic carbocycles. The van der Waals surface area contributed by atoms with Crippen molar-refractivity contribution in [3.8, 4) is 0 Å². The minimum absolute atomic E-state index is 0.0140. The molecule has 11 nitrogen and oxygen atoms in total. The molecule has 1 amide bonds. The largest absolute Gasteiger partial charge is 0.365 e. The Kier molecular flexibility index (Phi) is 5.92. The van der Waals surface area contributed by atoms with Crippen molar-refractivity contribution >= 4 is 48.9 Å². The molecular formula is C18H18N6O5S2. The molecule has 13 heteroatoms. The lowest BCUT2D eigenvalue weighted by Crippen LogP contribution is -2.16. The lowest BCUT2D eigenvalue weighted by atomic mass is 10.2. The van der Waals surface area contributed by atoms with E-state index >= 15 is 0 Å². The van der Waals surface area contributed by atoms with Gasteiger partial charge in [-0.2, -0.15) is 4.98 Å². The number of nitrogens with one attached hydrogen (secondary N) is 2. The summed E-state index contributed by atoms with van der Waals surface area (Å²) in [7, 11) is -7.26. The van der Waals surface area contributed by atoms with Gasteiger partial charge in [0.2, 0.25) is 16.0 Å². The van der Waals surface area contributed by atoms with Crippen molar-refractivity contribution in [1.29, 1.82) is 0 Å². The van der Waals surface area contributed by atoms with Crippen LogP contribution >= 0.6 is 0 Å². The van der Waals surface area contributed by atoms with Crippen LogP contribution in [0.5, 0.6) is 0 Å². The van der Waals surface area contributed by atoms with Gasteiger partial charge in [-0.3, -0.25) is 4.79 Å². The number of sulfone groups is 1. The number of aromatic nitrogens is 2. The average molecular weight is 463 g/mol. The molecule has 0 unspecified atom stereocenters. The Morgan fingerprint density at radius 2 is 1.61 bits per heavy atom. The summed E-state index contributed by atoms with van der Waals surface area (Å²) in [6.07, 6.45) is 2.29. The van der Waals surface area contributed by atoms with Crippen molar-refractivity contribution in [3.05, 3.63) is 60.3 Å². The normalized spacial score (nSPS) is 11.7. The Morgan fingerprint density at radius 3 is 2.19 bits per heavy atom. The zero-order chi connectivity index (χ0) is 22.8. The molecule has 0 saturated heterocycles. The molecule has 0 aliphatic rings. The molecule has 0 spiro atoms. The van der Waals surface area contributed by atoms with E-state index in [1.165, 1.54) is 48.7 Å². The molecule has 31 heavy (non-hydrogen) atoms. The summed E-state index contributed by atoms with van der Waals surface area (Å²) < 4.78 is 46.2. The first-order valence-corrected chi connectivity index (χ1v) is 12.0. The van der Waals surface area contributed by atoms with E-state index in [2.05, 4.69) is 20.6 Å². The summed E-state index contributed by atoms with van der Waals surface area (Å²) in [5.74, 6) is -0.655. The van der Waals surface area contributed by atoms with Gasteiger partial charge < -0.3 is 16.4 Å². The first kappa shape index (κ1) is 22.1. The lowest BCUT2D eigenvalue weighted by molar-refractivity contribution is 0.100. The highest BCUT2D eigenvalue weighted by molar-refractivity contribution is 7.90. The highest BCUT2D eigenvalue weighted by Crippen LogP contribution is 2.23. The zero-order valence-electron chi connectivity index (χ0n) is 16.1. The predicted molar refractivity (Wildman–Crippen MR) is 114 cm³/mol. The second kappa shape index (κ2) is 8.29. The summed E-state index contributed by atoms with van der Waals surface area (Å²) in [6.45, 7) is 0. The number of sulfonamides is 1. The summed E-state index contributed by atoms with van der Waals surface area (Å²) in [5.41, 5.74) is 6.20. The molecule has 162 valence electrons. The molecule has 0 aliphatic heterocycles. The average Bonchev–Trinajstić information content (AvgIpc) is 2.67. The Bertz CT molecular complexity index is 1360. The quantitative estimate of drug-likeness (QED) is 0.399. The second-order valence-corrected chi connectivity index (χ2v) is 10.0. The number of nitrogens with two attached hydrogens (primary N) is 2. The first-order valence-electron chi connectivity index (χ1n) is 8.57. The van der Waals surface area contributed by atoms with E-state index in [9.17, 15) is 21.6 Å². The van der Waals surface area contributed by atoms with E-state index in [1.54, 1.807) is 6.07 Å². The van der Waals surface area contributed by atoms with Crippen LogP contribution in [0, 0.1) is 0 Å². The fraction of sp³-hybridized carbons (Fsp3) is 0.0556. The van der Waals surface area contributed by atoms with Crippen LogP contribution in [-0.2, 0) is 19.9 Å². The van der Waals surface area contributed by atoms with Gasteiger partial charge in [-0.25, -0.2) is 27.0 Å². The third-order valence-electron chi connectivity index (χ3n) is 4.02. The van der Waals surface area contributed by atoms with Crippen molar-refractivity contribution in [2.75, 3.05) is 16.9 Å². The molecule has 0 atom stereocenters. The minimum atomic E-state index is -3.83. The van der Waals surface area contributed by atoms with Crippen molar-refractivity contribution < 1.29 is 21.6 Å². The van der Waals surface area contributed by atoms with Gasteiger partial charge in [0.15, 0.2) is 9.84 Å². The zero-order valence-corrected chi connectivity index (χ0v) is 17.7. The Balaban J connectivity index is 1.92. The molecule has 0 fully saturated rings. The monoisotopic (exact) mass is 462 g/mol. The third-order valence-corrected chi connectivity index (χ3v) is 6.06. The molecule has 0 saturated carbocycles. The van der Waals surface area contributed by atoms with E-state index in [0.717, 1.165) is 6.26 Å². The summed E-state index contributed by atoms with van der Waals surface area (Å²) in [5, 5.41) is 10.8. The Morgan fingerprint density at radius 1 is 0.935 bits per heavy atom. The van der Waals surface area contributed by atoms with Crippen LogP contribution in [0.25, 0.3) is 0 Å². The number of hydrogen-bond donors (Lipinski definition) is 4. The second-order valence-electron chi connectivity index (χ2n) is 6.44. The van der Waals surface area contributed by atoms with Crippen molar-refractivity contribution in [2.24, 2.45) is 10.9 Å². The number of rotatable bonds is 7. The van der Waals surface area contributed by atoms with Gasteiger partial charge in [0.25, 0.3) is 5.91 Å². The van der Waals surface area contributed by atoms with E-state index in [0.29, 0.717) is 11.4 Å². The van der Waals surface area contributed by atoms with Gasteiger partial charge in [0.05, 0.1) is 9.79 Å². The minimum Gasteiger partial charge on any atom is -0.365 e. The van der Waals surface area contributed by atoms with Gasteiger partial charge in [-0.15, -0.1) is 0 Å². The summed E-state index contributed by atoms with van der Waals surface area (Å²) in [4.78, 5) is 20.0. The fourth-order valence-corrected chi connectivity index (χ4v) is 3.70. The van der Waals surface area contributed by atoms with E-state index in [-0.39, 0.29) is 27.1 Å². The van der Waals surface area contributed by atoms with Crippen molar-refractivity contribution in [2.45, 2.75) is 9.79 Å². The molecular weight excluding hydrogens is 444 g/mol. The molecule has 3 rings (SSSR count). The number of amides is 1. The number of anilines is 4. The summed E-state index contributed by atoms with van der Waals surface area (Å²) >= 11 is 0. The predicted octanol–water partition coefficient (Wildman–Crippen LogP) is 1.11. The molecule has 3 aromatic rings. The molecule has 0 aliphatic carbocycles. The van der Waals surface area contributed by atoms with Crippen LogP contribution in [-0.4, -0.2) is 39.0 Å². The number of carbonyl (C=O) groups excluding carboxylic acids is 1. The van der Waals surface area contributed by atoms with Gasteiger partial charge in [-0.1, -0.05) is 6.07 Å². The molecule has 6 N–H and O–H groups in total. The van der Waals surface area contributed by atoms with E-state index < -0.39 is 25.8 Å². The molecule has 0 bridgehead atoms. The highest BCUT2D eigenvalue weighted by atomic mass is 32.2. The first-order chi connectivity index (χ1) is 14.4. The van der Waals surface area contributed by atoms with Crippen molar-refractivity contribution in [3.63, 3.8) is 0 Å². The maximum atomic E-state index is 11.8. The standard InChI is InChI=1S/C18H18N6O5S2/c1-30(26,27)14-4-2-3-12(9-14)22-17-15(16(19)25)10-21-18(24-17)23-11-5-7-13(8-6-11)31(20,28)29/h2-10H,1H3,(H2,19,25)(H2,20,28,29)(H2,21,22,23,24). The number of primary sulfonamides is 1. The number of primary amides is 1. The Hall–Kier alpha value is -3.55. The molecule has 1 heterocycles. The van der Waals surface area contributed by atoms with Gasteiger partial charge in [-0.05, 0) is 42.5 Å². The Labute approximate surface area is 178 Å². The van der Waals surface area contributed by atoms with Crippen LogP contribution in [0.15, 0.2) is 64.5 Å². The van der Waals surface area contributed by atoms with Crippen LogP contribution in [0.2, 0.25) is 0 Å². The fourth-order valence-electron chi connectivity index (χ4n) is 2.52. The van der Waals surface area contributed by atoms with E-state index in [4.69, 9.17) is 10.9 Å². The van der Waals surface area contributed by atoms with Gasteiger partial charge in [0.1, 0.15) is 11.4 Å². The van der Waals surface area contributed by atoms with Crippen LogP contribution in [0.4, 0.5) is 23.1 Å². The van der Waals surface area contributed by atoms with Crippen LogP contribution in [0.3, 0.4) is 0 Å². The topological polar surface area (TPSA) is 187 Å². The number of carbonyl (C=O) groups is 1. The SMILES string of the molecule is CS(=O)(=O)c1cccc(Nc2nc(Nc3ccc(S(N)(=O)=O)cc3)ncc2C(N)=O)c1. The van der Waals surface area contributed by atoms with Crippen molar-refractivity contribution in [1.82, 2.24) is 9.97 Å². The third kappa shape index (κ3) is 5.53. The van der Waals surface area contributed by atoms with Crippen LogP contribution < -0.4 is 21.5 Å². The highest BCUT2D eigenvalue weighted by Gasteiger charge is 2.15. The maximum absolute atomic E-state index is 11.8. The number of hydrogen-bond acceptors (Lipinski definition) is 9. The summed E-state index contributed by atoms with van der Waals surface area (Å²) in [6, 6.07) is 11.5. The van der Waals surface area contributed by atoms with Crippen LogP contribution in [0.1, 0.15) is 10.4 Å². The lowest BCUT2D eigenvalue weighted by Gasteiger charge is -2.12. The number of nitrogens with zero attached hydrogens (tertiary/aromatic N) is 2. The maximum Gasteiger partial charge on any atom is 0.254 e. The molecule has 0 radical (unpaired) electrons.